The zero-order valence-corrected chi connectivity index (χ0v) is 18.5. The van der Waals surface area contributed by atoms with Crippen LogP contribution in [0.4, 0.5) is 0 Å². The zero-order chi connectivity index (χ0) is 22.4. The highest BCUT2D eigenvalue weighted by Crippen LogP contribution is 2.39. The van der Waals surface area contributed by atoms with E-state index in [2.05, 4.69) is 43.0 Å². The van der Waals surface area contributed by atoms with E-state index in [0.29, 0.717) is 45.3 Å². The summed E-state index contributed by atoms with van der Waals surface area (Å²) in [5.41, 5.74) is 5.31. The van der Waals surface area contributed by atoms with Crippen LogP contribution < -0.4 is 0 Å². The summed E-state index contributed by atoms with van der Waals surface area (Å²) in [5.74, 6) is -1.05. The van der Waals surface area contributed by atoms with Gasteiger partial charge in [0, 0.05) is 25.3 Å². The lowest BCUT2D eigenvalue weighted by atomic mass is 9.89. The molecule has 1 saturated carbocycles. The SMILES string of the molecule is C=C(c1ccc(-c2ccccc2)cc1)C1CCOC2(CCC(=CC(=O)OCC)CC2)OO1. The molecule has 1 atom stereocenters. The first-order valence-corrected chi connectivity index (χ1v) is 11.3. The highest BCUT2D eigenvalue weighted by Gasteiger charge is 2.40. The summed E-state index contributed by atoms with van der Waals surface area (Å²) in [4.78, 5) is 23.4. The van der Waals surface area contributed by atoms with Crippen molar-refractivity contribution in [3.05, 3.63) is 78.4 Å². The van der Waals surface area contributed by atoms with Gasteiger partial charge in [-0.15, -0.1) is 0 Å². The number of carbonyl (C=O) groups is 1. The fourth-order valence-corrected chi connectivity index (χ4v) is 4.17. The molecule has 5 nitrogen and oxygen atoms in total. The number of carbonyl (C=O) groups excluding carboxylic acids is 1. The summed E-state index contributed by atoms with van der Waals surface area (Å²) < 4.78 is 11.1. The molecule has 0 N–H and O–H groups in total. The minimum atomic E-state index is -0.766. The van der Waals surface area contributed by atoms with E-state index >= 15 is 0 Å². The van der Waals surface area contributed by atoms with E-state index in [1.807, 2.05) is 18.2 Å². The zero-order valence-electron chi connectivity index (χ0n) is 18.5. The monoisotopic (exact) mass is 434 g/mol. The summed E-state index contributed by atoms with van der Waals surface area (Å²) in [7, 11) is 0. The first-order valence-electron chi connectivity index (χ1n) is 11.3. The van der Waals surface area contributed by atoms with Crippen molar-refractivity contribution in [2.24, 2.45) is 0 Å². The predicted octanol–water partition coefficient (Wildman–Crippen LogP) is 5.86. The Hall–Kier alpha value is -2.73. The minimum absolute atomic E-state index is 0.270. The Morgan fingerprint density at radius 3 is 2.47 bits per heavy atom. The Balaban J connectivity index is 1.35. The lowest BCUT2D eigenvalue weighted by Gasteiger charge is -2.34. The van der Waals surface area contributed by atoms with Gasteiger partial charge in [-0.2, -0.15) is 0 Å². The molecule has 2 aromatic rings. The van der Waals surface area contributed by atoms with Crippen molar-refractivity contribution in [3.63, 3.8) is 0 Å². The third-order valence-electron chi connectivity index (χ3n) is 6.08. The Bertz CT molecular complexity index is 951. The Morgan fingerprint density at radius 2 is 1.78 bits per heavy atom. The Morgan fingerprint density at radius 1 is 1.09 bits per heavy atom. The number of ether oxygens (including phenoxy) is 2. The van der Waals surface area contributed by atoms with Gasteiger partial charge in [-0.05, 0) is 42.0 Å². The number of rotatable bonds is 5. The lowest BCUT2D eigenvalue weighted by molar-refractivity contribution is -0.428. The van der Waals surface area contributed by atoms with Crippen molar-refractivity contribution in [1.29, 1.82) is 0 Å². The molecule has 2 aliphatic rings. The Labute approximate surface area is 189 Å². The molecule has 0 amide bonds. The standard InChI is InChI=1S/C27H30O5/c1-3-29-26(28)19-21-13-16-27(17-14-21)30-18-15-25(31-32-27)20(2)22-9-11-24(12-10-22)23-7-5-4-6-8-23/h4-12,19,25H,2-3,13-18H2,1H3. The molecule has 1 spiro atoms. The van der Waals surface area contributed by atoms with Crippen LogP contribution in [-0.2, 0) is 24.0 Å². The number of hydrogen-bond donors (Lipinski definition) is 0. The summed E-state index contributed by atoms with van der Waals surface area (Å²) >= 11 is 0. The van der Waals surface area contributed by atoms with Crippen LogP contribution in [0.2, 0.25) is 0 Å². The average molecular weight is 435 g/mol. The summed E-state index contributed by atoms with van der Waals surface area (Å²) in [6.45, 7) is 6.98. The molecule has 0 radical (unpaired) electrons. The van der Waals surface area contributed by atoms with Crippen molar-refractivity contribution >= 4 is 11.5 Å². The van der Waals surface area contributed by atoms with E-state index in [-0.39, 0.29) is 12.1 Å². The largest absolute Gasteiger partial charge is 0.463 e. The van der Waals surface area contributed by atoms with Gasteiger partial charge in [0.2, 0.25) is 5.79 Å². The molecule has 32 heavy (non-hydrogen) atoms. The van der Waals surface area contributed by atoms with Gasteiger partial charge in [0.15, 0.2) is 0 Å². The van der Waals surface area contributed by atoms with Crippen molar-refractivity contribution < 1.29 is 24.0 Å². The molecule has 1 aliphatic carbocycles. The second-order valence-electron chi connectivity index (χ2n) is 8.24. The van der Waals surface area contributed by atoms with E-state index in [4.69, 9.17) is 19.2 Å². The molecule has 1 unspecified atom stereocenters. The van der Waals surface area contributed by atoms with E-state index in [1.54, 1.807) is 13.0 Å². The molecule has 2 fully saturated rings. The molecule has 0 aromatic heterocycles. The molecule has 5 heteroatoms. The minimum Gasteiger partial charge on any atom is -0.463 e. The van der Waals surface area contributed by atoms with Gasteiger partial charge in [-0.1, -0.05) is 66.7 Å². The third-order valence-corrected chi connectivity index (χ3v) is 6.08. The lowest BCUT2D eigenvalue weighted by Crippen LogP contribution is -2.38. The summed E-state index contributed by atoms with van der Waals surface area (Å²) in [6, 6.07) is 18.6. The third kappa shape index (κ3) is 5.36. The van der Waals surface area contributed by atoms with Crippen molar-refractivity contribution in [1.82, 2.24) is 0 Å². The molecule has 1 aliphatic heterocycles. The highest BCUT2D eigenvalue weighted by molar-refractivity contribution is 5.82. The molecule has 1 saturated heterocycles. The van der Waals surface area contributed by atoms with Crippen LogP contribution in [0.5, 0.6) is 0 Å². The first-order chi connectivity index (χ1) is 15.6. The first kappa shape index (κ1) is 22.5. The van der Waals surface area contributed by atoms with Gasteiger partial charge in [0.25, 0.3) is 0 Å². The number of benzene rings is 2. The van der Waals surface area contributed by atoms with Gasteiger partial charge in [0.05, 0.1) is 13.2 Å². The molecular formula is C27H30O5. The highest BCUT2D eigenvalue weighted by atomic mass is 17.2. The fourth-order valence-electron chi connectivity index (χ4n) is 4.17. The average Bonchev–Trinajstić information content (AvgIpc) is 3.04. The number of hydrogen-bond acceptors (Lipinski definition) is 5. The van der Waals surface area contributed by atoms with Crippen LogP contribution in [-0.4, -0.2) is 31.1 Å². The van der Waals surface area contributed by atoms with E-state index in [9.17, 15) is 4.79 Å². The molecular weight excluding hydrogens is 404 g/mol. The van der Waals surface area contributed by atoms with Crippen LogP contribution in [0.15, 0.2) is 72.8 Å². The quantitative estimate of drug-likeness (QED) is 0.335. The fraction of sp³-hybridized carbons (Fsp3) is 0.370. The van der Waals surface area contributed by atoms with Crippen LogP contribution in [0, 0.1) is 0 Å². The van der Waals surface area contributed by atoms with Crippen LogP contribution in [0.25, 0.3) is 16.7 Å². The van der Waals surface area contributed by atoms with E-state index in [0.717, 1.165) is 22.3 Å². The Kier molecular flexibility index (Phi) is 7.20. The van der Waals surface area contributed by atoms with Gasteiger partial charge >= 0.3 is 5.97 Å². The predicted molar refractivity (Wildman–Crippen MR) is 123 cm³/mol. The topological polar surface area (TPSA) is 54.0 Å². The van der Waals surface area contributed by atoms with E-state index in [1.165, 1.54) is 5.56 Å². The summed E-state index contributed by atoms with van der Waals surface area (Å²) in [5, 5.41) is 0. The van der Waals surface area contributed by atoms with Crippen molar-refractivity contribution in [3.8, 4) is 11.1 Å². The van der Waals surface area contributed by atoms with Crippen molar-refractivity contribution in [2.45, 2.75) is 50.9 Å². The van der Waals surface area contributed by atoms with Gasteiger partial charge in [0.1, 0.15) is 6.10 Å². The van der Waals surface area contributed by atoms with Gasteiger partial charge < -0.3 is 9.47 Å². The van der Waals surface area contributed by atoms with Crippen LogP contribution >= 0.6 is 0 Å². The second kappa shape index (κ2) is 10.3. The molecule has 1 heterocycles. The molecule has 2 aromatic carbocycles. The van der Waals surface area contributed by atoms with Gasteiger partial charge in [-0.3, -0.25) is 0 Å². The van der Waals surface area contributed by atoms with Crippen LogP contribution in [0.1, 0.15) is 44.6 Å². The number of allylic oxidation sites excluding steroid dienone is 1. The van der Waals surface area contributed by atoms with E-state index < -0.39 is 5.79 Å². The second-order valence-corrected chi connectivity index (χ2v) is 8.24. The van der Waals surface area contributed by atoms with Crippen molar-refractivity contribution in [2.75, 3.05) is 13.2 Å². The maximum absolute atomic E-state index is 11.7. The molecule has 0 bridgehead atoms. The molecule has 4 rings (SSSR count). The molecule has 168 valence electrons. The maximum atomic E-state index is 11.7. The van der Waals surface area contributed by atoms with Gasteiger partial charge in [-0.25, -0.2) is 14.6 Å². The van der Waals surface area contributed by atoms with Crippen LogP contribution in [0.3, 0.4) is 0 Å². The normalized spacial score (nSPS) is 23.4. The smallest absolute Gasteiger partial charge is 0.330 e. The number of esters is 1. The summed E-state index contributed by atoms with van der Waals surface area (Å²) in [6.07, 6.45) is 4.72. The maximum Gasteiger partial charge on any atom is 0.330 e.